The van der Waals surface area contributed by atoms with E-state index in [1.54, 1.807) is 13.3 Å². The lowest BCUT2D eigenvalue weighted by molar-refractivity contribution is -0.117. The number of fused-ring (bicyclic) bond motifs is 1. The van der Waals surface area contributed by atoms with Gasteiger partial charge in [0.1, 0.15) is 0 Å². The topological polar surface area (TPSA) is 64.2 Å². The van der Waals surface area contributed by atoms with Crippen LogP contribution in [-0.2, 0) is 4.79 Å². The van der Waals surface area contributed by atoms with Crippen molar-refractivity contribution in [2.75, 3.05) is 4.90 Å². The van der Waals surface area contributed by atoms with Gasteiger partial charge in [-0.05, 0) is 44.0 Å². The summed E-state index contributed by atoms with van der Waals surface area (Å²) in [5.74, 6) is 0.0573. The average Bonchev–Trinajstić information content (AvgIpc) is 2.84. The molecule has 1 aliphatic rings. The van der Waals surface area contributed by atoms with Crippen molar-refractivity contribution >= 4 is 36.4 Å². The van der Waals surface area contributed by atoms with Crippen molar-refractivity contribution in [1.29, 1.82) is 0 Å². The van der Waals surface area contributed by atoms with Crippen molar-refractivity contribution in [2.45, 2.75) is 39.3 Å². The summed E-state index contributed by atoms with van der Waals surface area (Å²) in [6, 6.07) is 6.13. The summed E-state index contributed by atoms with van der Waals surface area (Å²) >= 11 is 0. The van der Waals surface area contributed by atoms with Gasteiger partial charge in [0.05, 0.1) is 12.0 Å². The Kier molecular flexibility index (Phi) is 6.22. The van der Waals surface area contributed by atoms with Crippen molar-refractivity contribution in [2.24, 2.45) is 5.73 Å². The van der Waals surface area contributed by atoms with Crippen LogP contribution in [0.2, 0.25) is 0 Å². The fraction of sp³-hybridized carbons (Fsp3) is 0.375. The van der Waals surface area contributed by atoms with E-state index in [1.165, 1.54) is 0 Å². The van der Waals surface area contributed by atoms with Crippen LogP contribution in [0.4, 0.5) is 5.69 Å². The number of hydrogen-bond donors (Lipinski definition) is 1. The van der Waals surface area contributed by atoms with Crippen molar-refractivity contribution in [1.82, 2.24) is 9.55 Å². The summed E-state index contributed by atoms with van der Waals surface area (Å²) in [4.78, 5) is 18.0. The molecule has 1 amide bonds. The summed E-state index contributed by atoms with van der Waals surface area (Å²) in [5.41, 5.74) is 10.2. The van der Waals surface area contributed by atoms with Crippen LogP contribution < -0.4 is 10.6 Å². The van der Waals surface area contributed by atoms with Crippen LogP contribution in [0.25, 0.3) is 5.69 Å². The molecular weight excluding hydrogens is 335 g/mol. The Balaban J connectivity index is 0.00000132. The molecule has 0 spiro atoms. The third kappa shape index (κ3) is 3.52. The molecule has 1 aliphatic heterocycles. The third-order valence-electron chi connectivity index (χ3n) is 4.06. The number of nitrogens with zero attached hydrogens (tertiary/aromatic N) is 3. The molecule has 2 unspecified atom stereocenters. The minimum Gasteiger partial charge on any atom is -0.324 e. The SMILES string of the molecule is CC(=O)N1c2ccc(-n3cnc(C)c3)cc2C(N)CC1C.Cl.Cl. The van der Waals surface area contributed by atoms with E-state index in [0.29, 0.717) is 0 Å². The van der Waals surface area contributed by atoms with Gasteiger partial charge in [0.2, 0.25) is 5.91 Å². The second kappa shape index (κ2) is 7.34. The van der Waals surface area contributed by atoms with E-state index < -0.39 is 0 Å². The highest BCUT2D eigenvalue weighted by molar-refractivity contribution is 5.93. The molecule has 1 aromatic heterocycles. The van der Waals surface area contributed by atoms with Crippen molar-refractivity contribution in [3.05, 3.63) is 42.0 Å². The highest BCUT2D eigenvalue weighted by atomic mass is 35.5. The molecule has 5 nitrogen and oxygen atoms in total. The summed E-state index contributed by atoms with van der Waals surface area (Å²) < 4.78 is 1.97. The van der Waals surface area contributed by atoms with Crippen LogP contribution in [0, 0.1) is 6.92 Å². The molecule has 2 N–H and O–H groups in total. The van der Waals surface area contributed by atoms with E-state index >= 15 is 0 Å². The Morgan fingerprint density at radius 1 is 1.35 bits per heavy atom. The monoisotopic (exact) mass is 356 g/mol. The Morgan fingerprint density at radius 3 is 2.61 bits per heavy atom. The number of anilines is 1. The normalized spacial score (nSPS) is 19.4. The maximum atomic E-state index is 11.9. The summed E-state index contributed by atoms with van der Waals surface area (Å²) in [7, 11) is 0. The Morgan fingerprint density at radius 2 is 2.04 bits per heavy atom. The number of imidazole rings is 1. The zero-order valence-corrected chi connectivity index (χ0v) is 15.0. The van der Waals surface area contributed by atoms with E-state index in [-0.39, 0.29) is 42.8 Å². The highest BCUT2D eigenvalue weighted by Gasteiger charge is 2.30. The summed E-state index contributed by atoms with van der Waals surface area (Å²) in [6.07, 6.45) is 4.54. The first-order valence-corrected chi connectivity index (χ1v) is 7.17. The van der Waals surface area contributed by atoms with Crippen molar-refractivity contribution < 1.29 is 4.79 Å². The van der Waals surface area contributed by atoms with E-state index in [0.717, 1.165) is 29.1 Å². The summed E-state index contributed by atoms with van der Waals surface area (Å²) in [6.45, 7) is 5.60. The number of nitrogens with two attached hydrogens (primary N) is 1. The fourth-order valence-electron chi connectivity index (χ4n) is 3.10. The van der Waals surface area contributed by atoms with Crippen LogP contribution in [0.5, 0.6) is 0 Å². The lowest BCUT2D eigenvalue weighted by Gasteiger charge is -2.37. The van der Waals surface area contributed by atoms with Crippen LogP contribution in [-0.4, -0.2) is 21.5 Å². The quantitative estimate of drug-likeness (QED) is 0.853. The second-order valence-corrected chi connectivity index (χ2v) is 5.75. The molecule has 126 valence electrons. The molecule has 0 radical (unpaired) electrons. The predicted molar refractivity (Wildman–Crippen MR) is 97.0 cm³/mol. The molecule has 0 saturated carbocycles. The van der Waals surface area contributed by atoms with Gasteiger partial charge in [-0.25, -0.2) is 4.98 Å². The molecule has 0 aliphatic carbocycles. The molecular formula is C16H22Cl2N4O. The van der Waals surface area contributed by atoms with Gasteiger partial charge >= 0.3 is 0 Å². The molecule has 2 aromatic rings. The van der Waals surface area contributed by atoms with Gasteiger partial charge in [0.25, 0.3) is 0 Å². The largest absolute Gasteiger partial charge is 0.324 e. The van der Waals surface area contributed by atoms with Gasteiger partial charge in [0.15, 0.2) is 0 Å². The van der Waals surface area contributed by atoms with Gasteiger partial charge in [-0.3, -0.25) is 4.79 Å². The number of hydrogen-bond acceptors (Lipinski definition) is 3. The van der Waals surface area contributed by atoms with Crippen LogP contribution in [0.3, 0.4) is 0 Å². The van der Waals surface area contributed by atoms with E-state index in [1.807, 2.05) is 41.6 Å². The first kappa shape index (κ1) is 19.5. The van der Waals surface area contributed by atoms with Crippen molar-refractivity contribution in [3.63, 3.8) is 0 Å². The predicted octanol–water partition coefficient (Wildman–Crippen LogP) is 3.17. The molecule has 1 aromatic carbocycles. The smallest absolute Gasteiger partial charge is 0.224 e. The molecule has 7 heteroatoms. The molecule has 2 heterocycles. The number of benzene rings is 1. The number of aromatic nitrogens is 2. The molecule has 23 heavy (non-hydrogen) atoms. The highest BCUT2D eigenvalue weighted by Crippen LogP contribution is 2.37. The molecule has 2 atom stereocenters. The molecule has 3 rings (SSSR count). The first-order valence-electron chi connectivity index (χ1n) is 7.17. The standard InChI is InChI=1S/C16H20N4O.2ClH/c1-10-8-19(9-18-10)13-4-5-16-14(7-13)15(17)6-11(2)20(16)12(3)21;;/h4-5,7-9,11,15H,6,17H2,1-3H3;2*1H. The Hall–Kier alpha value is -1.56. The van der Waals surface area contributed by atoms with Gasteiger partial charge in [-0.1, -0.05) is 0 Å². The lowest BCUT2D eigenvalue weighted by Crippen LogP contribution is -2.43. The molecule has 0 bridgehead atoms. The number of carbonyl (C=O) groups excluding carboxylic acids is 1. The van der Waals surface area contributed by atoms with Crippen LogP contribution in [0.15, 0.2) is 30.7 Å². The maximum Gasteiger partial charge on any atom is 0.224 e. The third-order valence-corrected chi connectivity index (χ3v) is 4.06. The number of aryl methyl sites for hydroxylation is 1. The fourth-order valence-corrected chi connectivity index (χ4v) is 3.10. The minimum atomic E-state index is -0.0461. The number of rotatable bonds is 1. The molecule has 0 saturated heterocycles. The van der Waals surface area contributed by atoms with Gasteiger partial charge in [0, 0.05) is 36.6 Å². The number of halogens is 2. The van der Waals surface area contributed by atoms with E-state index in [4.69, 9.17) is 5.73 Å². The van der Waals surface area contributed by atoms with Crippen LogP contribution in [0.1, 0.15) is 37.6 Å². The van der Waals surface area contributed by atoms with E-state index in [9.17, 15) is 4.79 Å². The van der Waals surface area contributed by atoms with Gasteiger partial charge < -0.3 is 15.2 Å². The van der Waals surface area contributed by atoms with Crippen molar-refractivity contribution in [3.8, 4) is 5.69 Å². The summed E-state index contributed by atoms with van der Waals surface area (Å²) in [5, 5.41) is 0. The van der Waals surface area contributed by atoms with E-state index in [2.05, 4.69) is 11.1 Å². The maximum absolute atomic E-state index is 11.9. The van der Waals surface area contributed by atoms with Gasteiger partial charge in [-0.15, -0.1) is 24.8 Å². The number of carbonyl (C=O) groups is 1. The first-order chi connectivity index (χ1) is 9.97. The van der Waals surface area contributed by atoms with Gasteiger partial charge in [-0.2, -0.15) is 0 Å². The Labute approximate surface area is 148 Å². The average molecular weight is 357 g/mol. The Bertz CT molecular complexity index is 701. The molecule has 0 fully saturated rings. The second-order valence-electron chi connectivity index (χ2n) is 5.75. The van der Waals surface area contributed by atoms with Crippen LogP contribution >= 0.6 is 24.8 Å². The number of amides is 1. The zero-order chi connectivity index (χ0) is 15.1. The minimum absolute atomic E-state index is 0. The zero-order valence-electron chi connectivity index (χ0n) is 13.4. The lowest BCUT2D eigenvalue weighted by atomic mass is 9.92.